The van der Waals surface area contributed by atoms with Gasteiger partial charge in [0.05, 0.1) is 6.10 Å². The molecular formula is C21H33F3O2. The van der Waals surface area contributed by atoms with Gasteiger partial charge in [-0.2, -0.15) is 13.2 Å². The zero-order valence-corrected chi connectivity index (χ0v) is 16.2. The molecule has 0 saturated heterocycles. The normalized spacial score (nSPS) is 54.3. The van der Waals surface area contributed by atoms with Crippen molar-refractivity contribution >= 4 is 0 Å². The Bertz CT molecular complexity index is 564. The van der Waals surface area contributed by atoms with Crippen molar-refractivity contribution in [3.05, 3.63) is 0 Å². The minimum absolute atomic E-state index is 0.00638. The van der Waals surface area contributed by atoms with Crippen LogP contribution in [0.3, 0.4) is 0 Å². The summed E-state index contributed by atoms with van der Waals surface area (Å²) in [5.74, 6) is 1.76. The molecule has 2 nitrogen and oxygen atoms in total. The molecule has 0 radical (unpaired) electrons. The molecule has 26 heavy (non-hydrogen) atoms. The number of methoxy groups -OCH3 is 1. The highest BCUT2D eigenvalue weighted by Gasteiger charge is 2.65. The van der Waals surface area contributed by atoms with Crippen LogP contribution in [0.15, 0.2) is 0 Å². The number of hydrogen-bond acceptors (Lipinski definition) is 2. The van der Waals surface area contributed by atoms with E-state index in [1.54, 1.807) is 0 Å². The number of halogens is 3. The average Bonchev–Trinajstić information content (AvgIpc) is 2.91. The van der Waals surface area contributed by atoms with Crippen molar-refractivity contribution in [2.45, 2.75) is 89.5 Å². The Kier molecular flexibility index (Phi) is 4.29. The van der Waals surface area contributed by atoms with Crippen LogP contribution in [-0.2, 0) is 4.74 Å². The van der Waals surface area contributed by atoms with Crippen molar-refractivity contribution in [1.29, 1.82) is 0 Å². The fourth-order valence-electron chi connectivity index (χ4n) is 7.84. The van der Waals surface area contributed by atoms with Gasteiger partial charge in [-0.3, -0.25) is 0 Å². The lowest BCUT2D eigenvalue weighted by Crippen LogP contribution is -2.59. The van der Waals surface area contributed by atoms with E-state index in [4.69, 9.17) is 4.74 Å². The Morgan fingerprint density at radius 2 is 1.58 bits per heavy atom. The van der Waals surface area contributed by atoms with Crippen LogP contribution >= 0.6 is 0 Å². The first-order chi connectivity index (χ1) is 12.1. The Morgan fingerprint density at radius 3 is 2.23 bits per heavy atom. The fourth-order valence-corrected chi connectivity index (χ4v) is 7.84. The first-order valence-corrected chi connectivity index (χ1v) is 10.4. The average molecular weight is 374 g/mol. The van der Waals surface area contributed by atoms with E-state index in [9.17, 15) is 18.3 Å². The Hall–Kier alpha value is -0.290. The molecule has 4 aliphatic carbocycles. The molecule has 4 rings (SSSR count). The van der Waals surface area contributed by atoms with E-state index in [1.807, 2.05) is 7.11 Å². The number of rotatable bonds is 1. The number of aliphatic hydroxyl groups is 1. The lowest BCUT2D eigenvalue weighted by Gasteiger charge is -2.62. The van der Waals surface area contributed by atoms with Gasteiger partial charge < -0.3 is 9.84 Å². The summed E-state index contributed by atoms with van der Waals surface area (Å²) >= 11 is 0. The zero-order chi connectivity index (χ0) is 19.0. The molecule has 150 valence electrons. The van der Waals surface area contributed by atoms with Crippen molar-refractivity contribution in [3.63, 3.8) is 0 Å². The molecule has 8 atom stereocenters. The molecule has 0 aromatic carbocycles. The first-order valence-electron chi connectivity index (χ1n) is 10.4. The van der Waals surface area contributed by atoms with Crippen molar-refractivity contribution in [3.8, 4) is 0 Å². The van der Waals surface area contributed by atoms with E-state index >= 15 is 0 Å². The molecule has 4 saturated carbocycles. The molecule has 0 heterocycles. The van der Waals surface area contributed by atoms with Gasteiger partial charge in [0.15, 0.2) is 5.60 Å². The highest BCUT2D eigenvalue weighted by atomic mass is 19.4. The van der Waals surface area contributed by atoms with Crippen molar-refractivity contribution in [1.82, 2.24) is 0 Å². The largest absolute Gasteiger partial charge is 0.417 e. The third-order valence-electron chi connectivity index (χ3n) is 9.45. The second-order valence-corrected chi connectivity index (χ2v) is 10.2. The van der Waals surface area contributed by atoms with Crippen LogP contribution in [0.25, 0.3) is 0 Å². The summed E-state index contributed by atoms with van der Waals surface area (Å²) in [6, 6.07) is 0. The minimum Gasteiger partial charge on any atom is -0.381 e. The minimum atomic E-state index is -4.51. The van der Waals surface area contributed by atoms with Crippen LogP contribution in [0, 0.1) is 34.5 Å². The number of ether oxygens (including phenoxy) is 1. The van der Waals surface area contributed by atoms with Gasteiger partial charge in [0.2, 0.25) is 0 Å². The summed E-state index contributed by atoms with van der Waals surface area (Å²) in [5, 5.41) is 10.3. The summed E-state index contributed by atoms with van der Waals surface area (Å²) in [7, 11) is 1.82. The topological polar surface area (TPSA) is 29.5 Å². The summed E-state index contributed by atoms with van der Waals surface area (Å²) in [6.45, 7) is 4.61. The highest BCUT2D eigenvalue weighted by Crippen LogP contribution is 2.67. The highest BCUT2D eigenvalue weighted by molar-refractivity contribution is 5.11. The van der Waals surface area contributed by atoms with Crippen LogP contribution in [0.4, 0.5) is 13.2 Å². The first kappa shape index (κ1) is 19.0. The summed E-state index contributed by atoms with van der Waals surface area (Å²) in [5.41, 5.74) is -2.28. The zero-order valence-electron chi connectivity index (χ0n) is 16.2. The second kappa shape index (κ2) is 5.85. The number of fused-ring (bicyclic) bond motifs is 5. The molecule has 0 aromatic rings. The lowest BCUT2D eigenvalue weighted by molar-refractivity contribution is -0.290. The van der Waals surface area contributed by atoms with Gasteiger partial charge in [-0.25, -0.2) is 0 Å². The van der Waals surface area contributed by atoms with Gasteiger partial charge in [0.25, 0.3) is 0 Å². The SMILES string of the molecule is CO[C@H]1CC[C@H]2[C@@H]3CC[C@H]4C[C@@](O)(C(F)(F)F)CC[C@]4(C)[C@H]3CC[C@]12C. The van der Waals surface area contributed by atoms with E-state index in [1.165, 1.54) is 6.42 Å². The third kappa shape index (κ3) is 2.45. The maximum atomic E-state index is 13.4. The van der Waals surface area contributed by atoms with Gasteiger partial charge in [0.1, 0.15) is 0 Å². The molecule has 0 amide bonds. The van der Waals surface area contributed by atoms with Crippen LogP contribution < -0.4 is 0 Å². The molecular weight excluding hydrogens is 341 g/mol. The second-order valence-electron chi connectivity index (χ2n) is 10.2. The van der Waals surface area contributed by atoms with Gasteiger partial charge >= 0.3 is 6.18 Å². The molecule has 0 aliphatic heterocycles. The Morgan fingerprint density at radius 1 is 0.885 bits per heavy atom. The van der Waals surface area contributed by atoms with E-state index in [-0.39, 0.29) is 29.6 Å². The predicted octanol–water partition coefficient (Wildman–Crippen LogP) is 5.34. The third-order valence-corrected chi connectivity index (χ3v) is 9.45. The Labute approximate surface area is 154 Å². The standard InChI is InChI=1S/C21H33F3O2/c1-18-10-11-20(25,21(22,23)24)12-13(18)4-5-14-15-6-7-17(26-3)19(15,2)9-8-16(14)18/h13-17,25H,4-12H2,1-3H3/t13-,14-,15-,16-,17-,18-,19-,20+/m0/s1. The van der Waals surface area contributed by atoms with E-state index < -0.39 is 11.8 Å². The molecule has 0 spiro atoms. The summed E-state index contributed by atoms with van der Waals surface area (Å²) in [4.78, 5) is 0. The maximum absolute atomic E-state index is 13.4. The molecule has 4 fully saturated rings. The van der Waals surface area contributed by atoms with Gasteiger partial charge in [0, 0.05) is 7.11 Å². The van der Waals surface area contributed by atoms with Crippen LogP contribution in [0.5, 0.6) is 0 Å². The van der Waals surface area contributed by atoms with Gasteiger partial charge in [-0.1, -0.05) is 13.8 Å². The fraction of sp³-hybridized carbons (Fsp3) is 1.00. The van der Waals surface area contributed by atoms with Crippen molar-refractivity contribution in [2.75, 3.05) is 7.11 Å². The van der Waals surface area contributed by atoms with Crippen molar-refractivity contribution in [2.24, 2.45) is 34.5 Å². The molecule has 1 N–H and O–H groups in total. The summed E-state index contributed by atoms with van der Waals surface area (Å²) < 4.78 is 46.0. The van der Waals surface area contributed by atoms with E-state index in [0.717, 1.165) is 32.1 Å². The van der Waals surface area contributed by atoms with E-state index in [0.29, 0.717) is 30.3 Å². The molecule has 0 unspecified atom stereocenters. The van der Waals surface area contributed by atoms with Gasteiger partial charge in [-0.05, 0) is 92.3 Å². The molecule has 0 aromatic heterocycles. The maximum Gasteiger partial charge on any atom is 0.417 e. The van der Waals surface area contributed by atoms with E-state index in [2.05, 4.69) is 13.8 Å². The molecule has 5 heteroatoms. The smallest absolute Gasteiger partial charge is 0.381 e. The predicted molar refractivity (Wildman–Crippen MR) is 93.5 cm³/mol. The van der Waals surface area contributed by atoms with Crippen molar-refractivity contribution < 1.29 is 23.0 Å². The number of alkyl halides is 3. The summed E-state index contributed by atoms with van der Waals surface area (Å²) in [6.07, 6.45) is 2.51. The van der Waals surface area contributed by atoms with Crippen LogP contribution in [0.2, 0.25) is 0 Å². The molecule has 4 aliphatic rings. The van der Waals surface area contributed by atoms with Crippen LogP contribution in [-0.4, -0.2) is 30.1 Å². The lowest BCUT2D eigenvalue weighted by atomic mass is 9.44. The number of hydrogen-bond donors (Lipinski definition) is 1. The van der Waals surface area contributed by atoms with Crippen LogP contribution in [0.1, 0.15) is 71.6 Å². The van der Waals surface area contributed by atoms with Gasteiger partial charge in [-0.15, -0.1) is 0 Å². The Balaban J connectivity index is 1.58. The molecule has 0 bridgehead atoms. The monoisotopic (exact) mass is 374 g/mol. The quantitative estimate of drug-likeness (QED) is 0.671.